The van der Waals surface area contributed by atoms with Crippen LogP contribution in [-0.4, -0.2) is 18.3 Å². The third-order valence-corrected chi connectivity index (χ3v) is 5.55. The second-order valence-electron chi connectivity index (χ2n) is 3.72. The van der Waals surface area contributed by atoms with Crippen LogP contribution in [-0.2, 0) is 10.0 Å². The van der Waals surface area contributed by atoms with Gasteiger partial charge in [-0.05, 0) is 13.0 Å². The molecule has 0 aliphatic rings. The van der Waals surface area contributed by atoms with Gasteiger partial charge in [0.2, 0.25) is 0 Å². The molecular weight excluding hydrogens is 326 g/mol. The molecule has 10 heteroatoms. The largest absolute Gasteiger partial charge is 0.293 e. The minimum absolute atomic E-state index is 0.0688. The number of anilines is 1. The van der Waals surface area contributed by atoms with Gasteiger partial charge in [-0.1, -0.05) is 35.1 Å². The number of halogens is 1. The summed E-state index contributed by atoms with van der Waals surface area (Å²) < 4.78 is 26.6. The number of nitrogens with one attached hydrogen (secondary N) is 1. The number of hydrogen-bond acceptors (Lipinski definition) is 6. The summed E-state index contributed by atoms with van der Waals surface area (Å²) in [4.78, 5) is 14.0. The highest BCUT2D eigenvalue weighted by Crippen LogP contribution is 2.31. The van der Waals surface area contributed by atoms with Crippen LogP contribution >= 0.6 is 22.9 Å². The lowest BCUT2D eigenvalue weighted by atomic mass is 10.3. The molecule has 0 unspecified atom stereocenters. The fourth-order valence-corrected chi connectivity index (χ4v) is 4.32. The van der Waals surface area contributed by atoms with E-state index < -0.39 is 14.9 Å². The number of hydrogen-bond donors (Lipinski definition) is 1. The molecule has 0 spiro atoms. The Balaban J connectivity index is 2.44. The summed E-state index contributed by atoms with van der Waals surface area (Å²) in [7, 11) is -3.96. The van der Waals surface area contributed by atoms with Crippen LogP contribution in [0.15, 0.2) is 28.5 Å². The summed E-state index contributed by atoms with van der Waals surface area (Å²) in [5.74, 6) is 0. The van der Waals surface area contributed by atoms with Crippen molar-refractivity contribution in [3.8, 4) is 0 Å². The van der Waals surface area contributed by atoms with Crippen molar-refractivity contribution in [1.29, 1.82) is 0 Å². The van der Waals surface area contributed by atoms with E-state index in [-0.39, 0.29) is 25.7 Å². The maximum Gasteiger partial charge on any atom is 0.293 e. The minimum atomic E-state index is -3.96. The average molecular weight is 334 g/mol. The quantitative estimate of drug-likeness (QED) is 0.684. The number of rotatable bonds is 4. The van der Waals surface area contributed by atoms with Gasteiger partial charge in [0.05, 0.1) is 10.6 Å². The van der Waals surface area contributed by atoms with E-state index in [1.807, 2.05) is 0 Å². The van der Waals surface area contributed by atoms with Gasteiger partial charge < -0.3 is 0 Å². The highest BCUT2D eigenvalue weighted by molar-refractivity contribution is 7.94. The molecule has 0 radical (unpaired) electrons. The van der Waals surface area contributed by atoms with Crippen molar-refractivity contribution in [3.63, 3.8) is 0 Å². The van der Waals surface area contributed by atoms with Gasteiger partial charge in [0.25, 0.3) is 15.7 Å². The topological polar surface area (TPSA) is 102 Å². The van der Waals surface area contributed by atoms with E-state index in [0.29, 0.717) is 0 Å². The van der Waals surface area contributed by atoms with Gasteiger partial charge in [0.15, 0.2) is 8.68 Å². The van der Waals surface area contributed by atoms with E-state index in [1.54, 1.807) is 0 Å². The number of aryl methyl sites for hydroxylation is 1. The van der Waals surface area contributed by atoms with Crippen LogP contribution < -0.4 is 4.72 Å². The Kier molecular flexibility index (Phi) is 3.93. The first-order valence-electron chi connectivity index (χ1n) is 5.20. The molecule has 1 aromatic heterocycles. The lowest BCUT2D eigenvalue weighted by molar-refractivity contribution is -0.383. The molecule has 20 heavy (non-hydrogen) atoms. The highest BCUT2D eigenvalue weighted by atomic mass is 35.5. The fraction of sp³-hybridized carbons (Fsp3) is 0.100. The Morgan fingerprint density at radius 1 is 1.40 bits per heavy atom. The Hall–Kier alpha value is -1.71. The molecule has 106 valence electrons. The number of nitro benzene ring substituents is 1. The Bertz CT molecular complexity index is 773. The molecule has 0 saturated heterocycles. The smallest absolute Gasteiger partial charge is 0.272 e. The van der Waals surface area contributed by atoms with Crippen molar-refractivity contribution in [2.45, 2.75) is 11.1 Å². The number of nitrogens with zero attached hydrogens (tertiary/aromatic N) is 2. The van der Waals surface area contributed by atoms with E-state index >= 15 is 0 Å². The molecule has 2 rings (SSSR count). The number of nitro groups is 1. The second-order valence-corrected chi connectivity index (χ2v) is 7.18. The van der Waals surface area contributed by atoms with E-state index in [0.717, 1.165) is 11.3 Å². The van der Waals surface area contributed by atoms with Gasteiger partial charge in [-0.2, -0.15) is 0 Å². The summed E-state index contributed by atoms with van der Waals surface area (Å²) in [5, 5.41) is 10.9. The highest BCUT2D eigenvalue weighted by Gasteiger charge is 2.24. The van der Waals surface area contributed by atoms with E-state index in [2.05, 4.69) is 9.71 Å². The van der Waals surface area contributed by atoms with Crippen molar-refractivity contribution in [2.24, 2.45) is 0 Å². The van der Waals surface area contributed by atoms with E-state index in [9.17, 15) is 18.5 Å². The van der Waals surface area contributed by atoms with Crippen molar-refractivity contribution in [3.05, 3.63) is 44.5 Å². The minimum Gasteiger partial charge on any atom is -0.272 e. The van der Waals surface area contributed by atoms with Crippen LogP contribution in [0.25, 0.3) is 0 Å². The zero-order valence-corrected chi connectivity index (χ0v) is 12.4. The SMILES string of the molecule is Cc1nc(Cl)sc1S(=O)(=O)Nc1ccccc1[N+](=O)[O-]. The van der Waals surface area contributed by atoms with E-state index in [4.69, 9.17) is 11.6 Å². The molecule has 0 aliphatic carbocycles. The number of thiazole rings is 1. The van der Waals surface area contributed by atoms with Crippen LogP contribution in [0.2, 0.25) is 4.47 Å². The first kappa shape index (κ1) is 14.7. The van der Waals surface area contributed by atoms with Gasteiger partial charge in [0.1, 0.15) is 5.69 Å². The summed E-state index contributed by atoms with van der Waals surface area (Å²) in [6.45, 7) is 1.50. The monoisotopic (exact) mass is 333 g/mol. The summed E-state index contributed by atoms with van der Waals surface area (Å²) >= 11 is 6.45. The summed E-state index contributed by atoms with van der Waals surface area (Å²) in [6.07, 6.45) is 0. The van der Waals surface area contributed by atoms with Crippen molar-refractivity contribution < 1.29 is 13.3 Å². The van der Waals surface area contributed by atoms with E-state index in [1.165, 1.54) is 31.2 Å². The maximum absolute atomic E-state index is 12.2. The van der Waals surface area contributed by atoms with Crippen LogP contribution in [0.5, 0.6) is 0 Å². The Morgan fingerprint density at radius 2 is 2.05 bits per heavy atom. The van der Waals surface area contributed by atoms with Gasteiger partial charge >= 0.3 is 0 Å². The molecule has 0 amide bonds. The first-order valence-corrected chi connectivity index (χ1v) is 7.88. The van der Waals surface area contributed by atoms with Gasteiger partial charge in [-0.3, -0.25) is 14.8 Å². The lowest BCUT2D eigenvalue weighted by Gasteiger charge is -2.06. The molecule has 0 bridgehead atoms. The van der Waals surface area contributed by atoms with Crippen molar-refractivity contribution >= 4 is 44.3 Å². The maximum atomic E-state index is 12.2. The molecule has 7 nitrogen and oxygen atoms in total. The third kappa shape index (κ3) is 2.89. The van der Waals surface area contributed by atoms with Crippen LogP contribution in [0, 0.1) is 17.0 Å². The fourth-order valence-electron chi connectivity index (χ4n) is 1.51. The first-order chi connectivity index (χ1) is 9.31. The normalized spacial score (nSPS) is 11.3. The predicted octanol–water partition coefficient (Wildman–Crippen LogP) is 2.81. The van der Waals surface area contributed by atoms with Crippen LogP contribution in [0.1, 0.15) is 5.69 Å². The van der Waals surface area contributed by atoms with Crippen molar-refractivity contribution in [2.75, 3.05) is 4.72 Å². The number of para-hydroxylation sites is 2. The molecule has 0 fully saturated rings. The molecule has 1 heterocycles. The lowest BCUT2D eigenvalue weighted by Crippen LogP contribution is -2.13. The number of benzene rings is 1. The van der Waals surface area contributed by atoms with Gasteiger partial charge in [-0.25, -0.2) is 13.4 Å². The third-order valence-electron chi connectivity index (χ3n) is 2.32. The zero-order chi connectivity index (χ0) is 14.9. The Labute approximate surface area is 123 Å². The Morgan fingerprint density at radius 3 is 2.60 bits per heavy atom. The van der Waals surface area contributed by atoms with Gasteiger partial charge in [-0.15, -0.1) is 0 Å². The second kappa shape index (κ2) is 5.35. The molecule has 2 aromatic rings. The molecule has 1 aromatic carbocycles. The number of sulfonamides is 1. The molecule has 0 saturated carbocycles. The zero-order valence-electron chi connectivity index (χ0n) is 10.0. The standard InChI is InChI=1S/C10H8ClN3O4S2/c1-6-9(19-10(11)12-6)20(17,18)13-7-4-2-3-5-8(7)14(15)16/h2-5,13H,1H3. The molecular formula is C10H8ClN3O4S2. The molecule has 0 atom stereocenters. The molecule has 0 aliphatic heterocycles. The van der Waals surface area contributed by atoms with Crippen LogP contribution in [0.4, 0.5) is 11.4 Å². The van der Waals surface area contributed by atoms with Crippen molar-refractivity contribution in [1.82, 2.24) is 4.98 Å². The predicted molar refractivity (Wildman–Crippen MR) is 75.8 cm³/mol. The molecule has 1 N–H and O–H groups in total. The summed E-state index contributed by atoms with van der Waals surface area (Å²) in [6, 6.07) is 5.47. The van der Waals surface area contributed by atoms with Gasteiger partial charge in [0, 0.05) is 6.07 Å². The van der Waals surface area contributed by atoms with Crippen LogP contribution in [0.3, 0.4) is 0 Å². The summed E-state index contributed by atoms with van der Waals surface area (Å²) in [5.41, 5.74) is -0.197. The average Bonchev–Trinajstić information content (AvgIpc) is 2.69. The number of aromatic nitrogens is 1.